The van der Waals surface area contributed by atoms with Gasteiger partial charge in [-0.1, -0.05) is 0 Å². The second-order valence-corrected chi connectivity index (χ2v) is 5.37. The van der Waals surface area contributed by atoms with Crippen molar-refractivity contribution in [1.82, 2.24) is 14.8 Å². The molecule has 0 aliphatic carbocycles. The molecule has 0 radical (unpaired) electrons. The van der Waals surface area contributed by atoms with Crippen molar-refractivity contribution >= 4 is 11.3 Å². The molecule has 2 aromatic rings. The number of aromatic nitrogens is 3. The summed E-state index contributed by atoms with van der Waals surface area (Å²) in [6.45, 7) is 8.00. The Morgan fingerprint density at radius 1 is 1.35 bits per heavy atom. The zero-order valence-electron chi connectivity index (χ0n) is 10.6. The van der Waals surface area contributed by atoms with E-state index in [-0.39, 0.29) is 12.1 Å². The summed E-state index contributed by atoms with van der Waals surface area (Å²) >= 11 is 1.73. The molecule has 92 valence electrons. The number of aryl methyl sites for hydroxylation is 3. The highest BCUT2D eigenvalue weighted by Crippen LogP contribution is 2.29. The maximum Gasteiger partial charge on any atom is 0.147 e. The minimum absolute atomic E-state index is 0.00662. The lowest BCUT2D eigenvalue weighted by Crippen LogP contribution is -2.31. The van der Waals surface area contributed by atoms with Crippen LogP contribution in [0.25, 0.3) is 0 Å². The number of hydrogen-bond donors (Lipinski definition) is 1. The second-order valence-electron chi connectivity index (χ2n) is 4.42. The predicted octanol–water partition coefficient (Wildman–Crippen LogP) is 2.20. The van der Waals surface area contributed by atoms with Crippen molar-refractivity contribution < 1.29 is 0 Å². The fraction of sp³-hybridized carbons (Fsp3) is 0.500. The lowest BCUT2D eigenvalue weighted by molar-refractivity contribution is 0.447. The molecule has 0 aliphatic rings. The van der Waals surface area contributed by atoms with Crippen LogP contribution in [-0.2, 0) is 0 Å². The first-order valence-electron chi connectivity index (χ1n) is 5.70. The van der Waals surface area contributed by atoms with E-state index in [9.17, 15) is 0 Å². The Bertz CT molecular complexity index is 512. The number of rotatable bonds is 3. The number of thiophene rings is 1. The van der Waals surface area contributed by atoms with Gasteiger partial charge in [0.2, 0.25) is 0 Å². The van der Waals surface area contributed by atoms with Gasteiger partial charge >= 0.3 is 0 Å². The van der Waals surface area contributed by atoms with Crippen molar-refractivity contribution in [3.63, 3.8) is 0 Å². The van der Waals surface area contributed by atoms with E-state index in [4.69, 9.17) is 5.73 Å². The summed E-state index contributed by atoms with van der Waals surface area (Å²) in [6, 6.07) is 2.21. The molecule has 0 amide bonds. The lowest BCUT2D eigenvalue weighted by Gasteiger charge is -2.21. The predicted molar refractivity (Wildman–Crippen MR) is 70.3 cm³/mol. The van der Waals surface area contributed by atoms with Crippen molar-refractivity contribution in [3.8, 4) is 0 Å². The van der Waals surface area contributed by atoms with E-state index < -0.39 is 0 Å². The van der Waals surface area contributed by atoms with E-state index in [0.29, 0.717) is 0 Å². The zero-order chi connectivity index (χ0) is 12.6. The maximum absolute atomic E-state index is 6.12. The highest BCUT2D eigenvalue weighted by Gasteiger charge is 2.24. The quantitative estimate of drug-likeness (QED) is 0.908. The molecule has 0 saturated carbocycles. The molecule has 2 heterocycles. The minimum Gasteiger partial charge on any atom is -0.326 e. The van der Waals surface area contributed by atoms with Gasteiger partial charge in [0, 0.05) is 10.9 Å². The Hall–Kier alpha value is -1.20. The molecule has 2 rings (SSSR count). The fourth-order valence-corrected chi connectivity index (χ4v) is 3.19. The van der Waals surface area contributed by atoms with Gasteiger partial charge in [-0.2, -0.15) is 5.10 Å². The molecular formula is C12H18N4S. The van der Waals surface area contributed by atoms with Crippen molar-refractivity contribution in [3.05, 3.63) is 33.5 Å². The van der Waals surface area contributed by atoms with Crippen LogP contribution in [0.5, 0.6) is 0 Å². The molecule has 2 unspecified atom stereocenters. The van der Waals surface area contributed by atoms with Crippen molar-refractivity contribution in [2.75, 3.05) is 0 Å². The molecule has 0 bridgehead atoms. The summed E-state index contributed by atoms with van der Waals surface area (Å²) in [5.74, 6) is 1.71. The van der Waals surface area contributed by atoms with E-state index >= 15 is 0 Å². The molecule has 2 N–H and O–H groups in total. The Kier molecular flexibility index (Phi) is 3.31. The number of nitrogens with two attached hydrogens (primary N) is 1. The van der Waals surface area contributed by atoms with Crippen LogP contribution in [0, 0.1) is 20.8 Å². The van der Waals surface area contributed by atoms with Gasteiger partial charge in [0.05, 0.1) is 0 Å². The first-order chi connectivity index (χ1) is 8.00. The van der Waals surface area contributed by atoms with Gasteiger partial charge < -0.3 is 5.73 Å². The first kappa shape index (κ1) is 12.3. The second kappa shape index (κ2) is 4.58. The molecule has 2 aromatic heterocycles. The molecule has 4 nitrogen and oxygen atoms in total. The third-order valence-corrected chi connectivity index (χ3v) is 3.93. The van der Waals surface area contributed by atoms with Gasteiger partial charge in [0.15, 0.2) is 0 Å². The SMILES string of the molecule is Cc1nc(C)n(C(c2sccc2C)C(C)N)n1. The molecule has 0 fully saturated rings. The summed E-state index contributed by atoms with van der Waals surface area (Å²) in [5.41, 5.74) is 7.39. The van der Waals surface area contributed by atoms with Crippen molar-refractivity contribution in [1.29, 1.82) is 0 Å². The summed E-state index contributed by atoms with van der Waals surface area (Å²) in [5, 5.41) is 6.56. The molecule has 0 aliphatic heterocycles. The standard InChI is InChI=1S/C12H18N4S/c1-7-5-6-17-12(7)11(8(2)13)16-10(4)14-9(3)15-16/h5-6,8,11H,13H2,1-4H3. The molecule has 0 saturated heterocycles. The van der Waals surface area contributed by atoms with Crippen LogP contribution in [0.2, 0.25) is 0 Å². The zero-order valence-corrected chi connectivity index (χ0v) is 11.5. The Labute approximate surface area is 105 Å². The molecule has 17 heavy (non-hydrogen) atoms. The summed E-state index contributed by atoms with van der Waals surface area (Å²) in [6.07, 6.45) is 0. The molecule has 0 aromatic carbocycles. The molecule has 5 heteroatoms. The summed E-state index contributed by atoms with van der Waals surface area (Å²) < 4.78 is 1.94. The fourth-order valence-electron chi connectivity index (χ4n) is 2.06. The van der Waals surface area contributed by atoms with Crippen LogP contribution in [0.4, 0.5) is 0 Å². The van der Waals surface area contributed by atoms with Crippen LogP contribution in [0.1, 0.15) is 35.1 Å². The lowest BCUT2D eigenvalue weighted by atomic mass is 10.1. The number of nitrogens with zero attached hydrogens (tertiary/aromatic N) is 3. The highest BCUT2D eigenvalue weighted by atomic mass is 32.1. The topological polar surface area (TPSA) is 56.7 Å². The van der Waals surface area contributed by atoms with Gasteiger partial charge in [0.25, 0.3) is 0 Å². The number of hydrogen-bond acceptors (Lipinski definition) is 4. The van der Waals surface area contributed by atoms with Crippen LogP contribution in [0.3, 0.4) is 0 Å². The van der Waals surface area contributed by atoms with E-state index in [1.807, 2.05) is 25.5 Å². The highest BCUT2D eigenvalue weighted by molar-refractivity contribution is 7.10. The first-order valence-corrected chi connectivity index (χ1v) is 6.58. The Balaban J connectivity index is 2.50. The van der Waals surface area contributed by atoms with Crippen molar-refractivity contribution in [2.45, 2.75) is 39.8 Å². The molecule has 0 spiro atoms. The monoisotopic (exact) mass is 250 g/mol. The van der Waals surface area contributed by atoms with Crippen LogP contribution in [-0.4, -0.2) is 20.8 Å². The van der Waals surface area contributed by atoms with Crippen LogP contribution < -0.4 is 5.73 Å². The van der Waals surface area contributed by atoms with Gasteiger partial charge in [0.1, 0.15) is 17.7 Å². The minimum atomic E-state index is 0.00662. The van der Waals surface area contributed by atoms with Gasteiger partial charge in [-0.15, -0.1) is 11.3 Å². The third-order valence-electron chi connectivity index (χ3n) is 2.84. The van der Waals surface area contributed by atoms with E-state index in [2.05, 4.69) is 28.5 Å². The Morgan fingerprint density at radius 3 is 2.47 bits per heavy atom. The normalized spacial score (nSPS) is 14.9. The van der Waals surface area contributed by atoms with E-state index in [0.717, 1.165) is 11.6 Å². The average Bonchev–Trinajstić information content (AvgIpc) is 2.75. The molecule has 2 atom stereocenters. The average molecular weight is 250 g/mol. The van der Waals surface area contributed by atoms with Crippen molar-refractivity contribution in [2.24, 2.45) is 5.73 Å². The largest absolute Gasteiger partial charge is 0.326 e. The van der Waals surface area contributed by atoms with E-state index in [1.54, 1.807) is 11.3 Å². The van der Waals surface area contributed by atoms with Gasteiger partial charge in [-0.25, -0.2) is 9.67 Å². The van der Waals surface area contributed by atoms with Gasteiger partial charge in [-0.05, 0) is 44.7 Å². The summed E-state index contributed by atoms with van der Waals surface area (Å²) in [4.78, 5) is 5.63. The maximum atomic E-state index is 6.12. The smallest absolute Gasteiger partial charge is 0.147 e. The third kappa shape index (κ3) is 2.25. The van der Waals surface area contributed by atoms with E-state index in [1.165, 1.54) is 10.4 Å². The van der Waals surface area contributed by atoms with Crippen LogP contribution in [0.15, 0.2) is 11.4 Å². The van der Waals surface area contributed by atoms with Crippen LogP contribution >= 0.6 is 11.3 Å². The molecular weight excluding hydrogens is 232 g/mol. The summed E-state index contributed by atoms with van der Waals surface area (Å²) in [7, 11) is 0. The Morgan fingerprint density at radius 2 is 2.06 bits per heavy atom. The van der Waals surface area contributed by atoms with Gasteiger partial charge in [-0.3, -0.25) is 0 Å².